The molecule has 2 amide bonds. The van der Waals surface area contributed by atoms with Crippen molar-refractivity contribution in [2.24, 2.45) is 0 Å². The van der Waals surface area contributed by atoms with Gasteiger partial charge in [-0.3, -0.25) is 14.4 Å². The van der Waals surface area contributed by atoms with E-state index < -0.39 is 12.0 Å². The summed E-state index contributed by atoms with van der Waals surface area (Å²) in [4.78, 5) is 34.9. The monoisotopic (exact) mass is 475 g/mol. The molecule has 2 heterocycles. The molecule has 6 nitrogen and oxygen atoms in total. The number of nitrogens with one attached hydrogen (secondary N) is 2. The quantitative estimate of drug-likeness (QED) is 0.523. The van der Waals surface area contributed by atoms with Crippen LogP contribution >= 0.6 is 11.6 Å². The smallest absolute Gasteiger partial charge is 0.255 e. The molecule has 0 saturated carbocycles. The lowest BCUT2D eigenvalue weighted by atomic mass is 9.78. The first-order valence-electron chi connectivity index (χ1n) is 11.5. The number of hydroxylamine groups is 1. The summed E-state index contributed by atoms with van der Waals surface area (Å²) in [5, 5.41) is 3.96. The maximum absolute atomic E-state index is 13.7. The van der Waals surface area contributed by atoms with Crippen LogP contribution in [0.5, 0.6) is 0 Å². The minimum absolute atomic E-state index is 0.0120. The third kappa shape index (κ3) is 4.44. The van der Waals surface area contributed by atoms with Crippen molar-refractivity contribution in [3.63, 3.8) is 0 Å². The van der Waals surface area contributed by atoms with Crippen LogP contribution < -0.4 is 10.8 Å². The van der Waals surface area contributed by atoms with Gasteiger partial charge in [-0.25, -0.2) is 5.48 Å². The highest BCUT2D eigenvalue weighted by Gasteiger charge is 2.47. The number of hydrogen-bond acceptors (Lipinski definition) is 4. The normalized spacial score (nSPS) is 21.9. The van der Waals surface area contributed by atoms with Crippen LogP contribution in [0.3, 0.4) is 0 Å². The molecule has 1 saturated heterocycles. The first-order chi connectivity index (χ1) is 16.6. The first kappa shape index (κ1) is 22.6. The topological polar surface area (TPSA) is 70.7 Å². The van der Waals surface area contributed by atoms with Gasteiger partial charge in [-0.15, -0.1) is 0 Å². The largest absolute Gasteiger partial charge is 0.326 e. The van der Waals surface area contributed by atoms with Crippen LogP contribution in [0.25, 0.3) is 0 Å². The summed E-state index contributed by atoms with van der Waals surface area (Å²) in [7, 11) is 0. The molecule has 0 spiro atoms. The molecule has 2 aliphatic rings. The van der Waals surface area contributed by atoms with Gasteiger partial charge >= 0.3 is 0 Å². The standard InChI is InChI=1S/C27H26ClN3O3/c28-20-12-10-19(11-13-20)25-24(26(32)30-34-17-18-6-2-1-3-7-18)22-8-4-5-9-23(22)27(33)31(25)21-14-15-29-16-21/h1-13,21,24-25,29H,14-17H2,(H,30,32)/t21-,24-,25+/m0/s1. The number of amides is 2. The first-order valence-corrected chi connectivity index (χ1v) is 11.8. The average molecular weight is 476 g/mol. The second kappa shape index (κ2) is 9.97. The molecule has 174 valence electrons. The van der Waals surface area contributed by atoms with Crippen molar-refractivity contribution in [1.29, 1.82) is 0 Å². The zero-order valence-corrected chi connectivity index (χ0v) is 19.4. The zero-order valence-electron chi connectivity index (χ0n) is 18.6. The van der Waals surface area contributed by atoms with Crippen LogP contribution in [0, 0.1) is 0 Å². The van der Waals surface area contributed by atoms with E-state index in [1.165, 1.54) is 0 Å². The molecular weight excluding hydrogens is 450 g/mol. The number of carbonyl (C=O) groups is 2. The van der Waals surface area contributed by atoms with Crippen LogP contribution in [-0.4, -0.2) is 35.8 Å². The third-order valence-corrected chi connectivity index (χ3v) is 6.80. The summed E-state index contributed by atoms with van der Waals surface area (Å²) in [6.07, 6.45) is 0.830. The Balaban J connectivity index is 1.52. The molecular formula is C27H26ClN3O3. The van der Waals surface area contributed by atoms with Gasteiger partial charge in [0, 0.05) is 23.2 Å². The fourth-order valence-corrected chi connectivity index (χ4v) is 5.08. The highest BCUT2D eigenvalue weighted by molar-refractivity contribution is 6.30. The van der Waals surface area contributed by atoms with E-state index in [9.17, 15) is 9.59 Å². The highest BCUT2D eigenvalue weighted by Crippen LogP contribution is 2.44. The molecule has 3 aromatic carbocycles. The maximum Gasteiger partial charge on any atom is 0.255 e. The van der Waals surface area contributed by atoms with Gasteiger partial charge in [0.05, 0.1) is 18.6 Å². The lowest BCUT2D eigenvalue weighted by Gasteiger charge is -2.44. The summed E-state index contributed by atoms with van der Waals surface area (Å²) in [5.74, 6) is -0.975. The van der Waals surface area contributed by atoms with Crippen LogP contribution in [0.15, 0.2) is 78.9 Å². The molecule has 0 unspecified atom stereocenters. The van der Waals surface area contributed by atoms with Gasteiger partial charge < -0.3 is 10.2 Å². The minimum atomic E-state index is -0.633. The molecule has 34 heavy (non-hydrogen) atoms. The third-order valence-electron chi connectivity index (χ3n) is 6.55. The number of halogens is 1. The van der Waals surface area contributed by atoms with Crippen LogP contribution in [0.4, 0.5) is 0 Å². The second-order valence-electron chi connectivity index (χ2n) is 8.66. The van der Waals surface area contributed by atoms with Gasteiger partial charge in [0.25, 0.3) is 11.8 Å². The summed E-state index contributed by atoms with van der Waals surface area (Å²) in [6.45, 7) is 1.78. The van der Waals surface area contributed by atoms with E-state index in [0.717, 1.165) is 24.1 Å². The Morgan fingerprint density at radius 3 is 2.50 bits per heavy atom. The van der Waals surface area contributed by atoms with E-state index in [4.69, 9.17) is 16.4 Å². The summed E-state index contributed by atoms with van der Waals surface area (Å²) < 4.78 is 0. The Morgan fingerprint density at radius 2 is 1.76 bits per heavy atom. The van der Waals surface area contributed by atoms with E-state index in [1.807, 2.05) is 65.6 Å². The number of fused-ring (bicyclic) bond motifs is 1. The number of rotatable bonds is 6. The number of benzene rings is 3. The van der Waals surface area contributed by atoms with Crippen LogP contribution in [0.2, 0.25) is 5.02 Å². The Labute approximate surface area is 203 Å². The van der Waals surface area contributed by atoms with Gasteiger partial charge in [-0.05, 0) is 47.9 Å². The average Bonchev–Trinajstić information content (AvgIpc) is 3.39. The molecule has 0 aromatic heterocycles. The molecule has 0 bridgehead atoms. The highest BCUT2D eigenvalue weighted by atomic mass is 35.5. The molecule has 5 rings (SSSR count). The lowest BCUT2D eigenvalue weighted by molar-refractivity contribution is -0.138. The molecule has 2 aliphatic heterocycles. The number of hydrogen-bond donors (Lipinski definition) is 2. The Bertz CT molecular complexity index is 1160. The van der Waals surface area contributed by atoms with Gasteiger partial charge in [0.15, 0.2) is 0 Å². The van der Waals surface area contributed by atoms with Gasteiger partial charge in [-0.2, -0.15) is 0 Å². The molecule has 3 aromatic rings. The Morgan fingerprint density at radius 1 is 1.03 bits per heavy atom. The molecule has 2 N–H and O–H groups in total. The zero-order chi connectivity index (χ0) is 23.5. The van der Waals surface area contributed by atoms with Crippen molar-refractivity contribution >= 4 is 23.4 Å². The SMILES string of the molecule is O=C(NOCc1ccccc1)[C@H]1c2ccccc2C(=O)N([C@H]2CCNC2)[C@@H]1c1ccc(Cl)cc1. The van der Waals surface area contributed by atoms with Crippen molar-refractivity contribution < 1.29 is 14.4 Å². The minimum Gasteiger partial charge on any atom is -0.326 e. The number of carbonyl (C=O) groups excluding carboxylic acids is 2. The predicted octanol–water partition coefficient (Wildman–Crippen LogP) is 4.23. The van der Waals surface area contributed by atoms with Crippen LogP contribution in [-0.2, 0) is 16.2 Å². The van der Waals surface area contributed by atoms with Gasteiger partial charge in [-0.1, -0.05) is 72.3 Å². The van der Waals surface area contributed by atoms with Crippen LogP contribution in [0.1, 0.15) is 45.4 Å². The van der Waals surface area contributed by atoms with Crippen molar-refractivity contribution in [3.05, 3.63) is 106 Å². The summed E-state index contributed by atoms with van der Waals surface area (Å²) >= 11 is 6.16. The molecule has 0 radical (unpaired) electrons. The van der Waals surface area contributed by atoms with E-state index >= 15 is 0 Å². The van der Waals surface area contributed by atoms with Gasteiger partial charge in [0.1, 0.15) is 0 Å². The molecule has 3 atom stereocenters. The van der Waals surface area contributed by atoms with Gasteiger partial charge in [0.2, 0.25) is 0 Å². The lowest BCUT2D eigenvalue weighted by Crippen LogP contribution is -2.52. The Hall–Kier alpha value is -3.19. The van der Waals surface area contributed by atoms with E-state index in [2.05, 4.69) is 10.8 Å². The van der Waals surface area contributed by atoms with E-state index in [0.29, 0.717) is 22.7 Å². The van der Waals surface area contributed by atoms with Crippen molar-refractivity contribution in [3.8, 4) is 0 Å². The summed E-state index contributed by atoms with van der Waals surface area (Å²) in [6, 6.07) is 23.9. The molecule has 1 fully saturated rings. The Kier molecular flexibility index (Phi) is 6.63. The molecule has 0 aliphatic carbocycles. The van der Waals surface area contributed by atoms with Crippen molar-refractivity contribution in [2.75, 3.05) is 13.1 Å². The van der Waals surface area contributed by atoms with E-state index in [1.54, 1.807) is 18.2 Å². The fraction of sp³-hybridized carbons (Fsp3) is 0.259. The predicted molar refractivity (Wildman–Crippen MR) is 130 cm³/mol. The number of nitrogens with zero attached hydrogens (tertiary/aromatic N) is 1. The van der Waals surface area contributed by atoms with Crippen molar-refractivity contribution in [2.45, 2.75) is 31.0 Å². The summed E-state index contributed by atoms with van der Waals surface area (Å²) in [5.41, 5.74) is 5.74. The van der Waals surface area contributed by atoms with Crippen molar-refractivity contribution in [1.82, 2.24) is 15.7 Å². The maximum atomic E-state index is 13.7. The fourth-order valence-electron chi connectivity index (χ4n) is 4.95. The van der Waals surface area contributed by atoms with E-state index in [-0.39, 0.29) is 24.5 Å². The second-order valence-corrected chi connectivity index (χ2v) is 9.10. The molecule has 7 heteroatoms.